The summed E-state index contributed by atoms with van der Waals surface area (Å²) in [6.07, 6.45) is -0.891. The second kappa shape index (κ2) is 5.14. The van der Waals surface area contributed by atoms with Gasteiger partial charge in [-0.05, 0) is 32.4 Å². The van der Waals surface area contributed by atoms with Gasteiger partial charge in [0.25, 0.3) is 0 Å². The molecular weight excluding hydrogens is 190 g/mol. The molecule has 1 rings (SSSR count). The Balaban J connectivity index is 2.76. The first-order valence-corrected chi connectivity index (χ1v) is 5.14. The van der Waals surface area contributed by atoms with Crippen LogP contribution in [0.2, 0.25) is 0 Å². The lowest BCUT2D eigenvalue weighted by Gasteiger charge is -2.29. The maximum Gasteiger partial charge on any atom is 0.154 e. The van der Waals surface area contributed by atoms with Crippen LogP contribution < -0.4 is 4.90 Å². The zero-order chi connectivity index (χ0) is 11.4. The van der Waals surface area contributed by atoms with Crippen molar-refractivity contribution in [2.24, 2.45) is 0 Å². The van der Waals surface area contributed by atoms with Crippen molar-refractivity contribution < 1.29 is 9.84 Å². The van der Waals surface area contributed by atoms with Crippen molar-refractivity contribution in [2.75, 3.05) is 11.9 Å². The van der Waals surface area contributed by atoms with Crippen LogP contribution in [0.5, 0.6) is 0 Å². The van der Waals surface area contributed by atoms with Gasteiger partial charge in [-0.3, -0.25) is 0 Å². The van der Waals surface area contributed by atoms with Gasteiger partial charge in [0.15, 0.2) is 6.29 Å². The molecule has 0 saturated heterocycles. The molecule has 0 amide bonds. The topological polar surface area (TPSA) is 32.7 Å². The molecule has 0 radical (unpaired) electrons. The molecule has 1 N–H and O–H groups in total. The van der Waals surface area contributed by atoms with Crippen LogP contribution in [0.3, 0.4) is 0 Å². The van der Waals surface area contributed by atoms with E-state index in [9.17, 15) is 0 Å². The minimum atomic E-state index is -0.744. The summed E-state index contributed by atoms with van der Waals surface area (Å²) in [4.78, 5) is 2.00. The van der Waals surface area contributed by atoms with Crippen molar-refractivity contribution in [1.29, 1.82) is 0 Å². The number of aliphatic hydroxyl groups is 1. The Morgan fingerprint density at radius 2 is 1.87 bits per heavy atom. The van der Waals surface area contributed by atoms with Crippen molar-refractivity contribution in [3.05, 3.63) is 29.8 Å². The van der Waals surface area contributed by atoms with E-state index < -0.39 is 6.29 Å². The number of aryl methyl sites for hydroxylation is 1. The van der Waals surface area contributed by atoms with Gasteiger partial charge in [0.05, 0.1) is 0 Å². The third-order valence-electron chi connectivity index (χ3n) is 2.43. The Labute approximate surface area is 91.3 Å². The number of hydrogen-bond donors (Lipinski definition) is 1. The molecule has 0 aliphatic carbocycles. The van der Waals surface area contributed by atoms with Gasteiger partial charge in [0.1, 0.15) is 6.23 Å². The summed E-state index contributed by atoms with van der Waals surface area (Å²) in [5.41, 5.74) is 2.31. The van der Waals surface area contributed by atoms with Crippen LogP contribution in [0, 0.1) is 6.92 Å². The van der Waals surface area contributed by atoms with Crippen LogP contribution in [0.25, 0.3) is 0 Å². The average Bonchev–Trinajstić information content (AvgIpc) is 2.16. The van der Waals surface area contributed by atoms with E-state index in [-0.39, 0.29) is 6.23 Å². The van der Waals surface area contributed by atoms with E-state index in [1.165, 1.54) is 5.56 Å². The van der Waals surface area contributed by atoms with Crippen LogP contribution in [0.1, 0.15) is 19.4 Å². The number of anilines is 1. The molecular formula is C12H19NO2. The molecule has 0 aliphatic rings. The Morgan fingerprint density at radius 3 is 2.40 bits per heavy atom. The summed E-state index contributed by atoms with van der Waals surface area (Å²) in [7, 11) is 1.95. The molecule has 84 valence electrons. The minimum absolute atomic E-state index is 0.147. The highest BCUT2D eigenvalue weighted by Crippen LogP contribution is 2.20. The van der Waals surface area contributed by atoms with E-state index >= 15 is 0 Å². The van der Waals surface area contributed by atoms with Crippen molar-refractivity contribution in [2.45, 2.75) is 33.3 Å². The molecule has 1 aromatic carbocycles. The van der Waals surface area contributed by atoms with E-state index in [0.29, 0.717) is 0 Å². The van der Waals surface area contributed by atoms with Crippen LogP contribution in [-0.4, -0.2) is 24.7 Å². The second-order valence-corrected chi connectivity index (χ2v) is 3.73. The van der Waals surface area contributed by atoms with Gasteiger partial charge >= 0.3 is 0 Å². The molecule has 0 fully saturated rings. The maximum absolute atomic E-state index is 9.14. The summed E-state index contributed by atoms with van der Waals surface area (Å²) < 4.78 is 5.30. The number of rotatable bonds is 4. The highest BCUT2D eigenvalue weighted by Gasteiger charge is 2.13. The number of ether oxygens (including phenoxy) is 1. The van der Waals surface area contributed by atoms with Gasteiger partial charge in [-0.25, -0.2) is 0 Å². The molecule has 3 nitrogen and oxygen atoms in total. The van der Waals surface area contributed by atoms with Gasteiger partial charge in [-0.15, -0.1) is 0 Å². The lowest BCUT2D eigenvalue weighted by molar-refractivity contribution is -0.116. The second-order valence-electron chi connectivity index (χ2n) is 3.73. The van der Waals surface area contributed by atoms with E-state index in [0.717, 1.165) is 5.69 Å². The fourth-order valence-electron chi connectivity index (χ4n) is 1.53. The van der Waals surface area contributed by atoms with Gasteiger partial charge in [-0.2, -0.15) is 0 Å². The molecule has 0 saturated carbocycles. The van der Waals surface area contributed by atoms with Crippen molar-refractivity contribution >= 4 is 5.69 Å². The third kappa shape index (κ3) is 3.22. The lowest BCUT2D eigenvalue weighted by Crippen LogP contribution is -2.34. The first-order chi connectivity index (χ1) is 7.02. The monoisotopic (exact) mass is 209 g/mol. The minimum Gasteiger partial charge on any atom is -0.368 e. The van der Waals surface area contributed by atoms with Crippen molar-refractivity contribution in [3.8, 4) is 0 Å². The van der Waals surface area contributed by atoms with E-state index in [1.54, 1.807) is 6.92 Å². The number of para-hydroxylation sites is 1. The zero-order valence-electron chi connectivity index (χ0n) is 9.77. The molecule has 1 aromatic rings. The Bertz CT molecular complexity index is 312. The van der Waals surface area contributed by atoms with Gasteiger partial charge in [-0.1, -0.05) is 18.2 Å². The molecule has 0 spiro atoms. The normalized spacial score (nSPS) is 14.7. The third-order valence-corrected chi connectivity index (χ3v) is 2.43. The van der Waals surface area contributed by atoms with Crippen LogP contribution in [0.15, 0.2) is 24.3 Å². The maximum atomic E-state index is 9.14. The molecule has 0 heterocycles. The SMILES string of the molecule is Cc1ccccc1N(C)C(C)OC(C)O. The molecule has 2 unspecified atom stereocenters. The van der Waals surface area contributed by atoms with Gasteiger partial charge in [0, 0.05) is 12.7 Å². The van der Waals surface area contributed by atoms with Gasteiger partial charge in [0.2, 0.25) is 0 Å². The molecule has 2 atom stereocenters. The van der Waals surface area contributed by atoms with E-state index in [4.69, 9.17) is 9.84 Å². The summed E-state index contributed by atoms with van der Waals surface area (Å²) in [5.74, 6) is 0. The predicted molar refractivity (Wildman–Crippen MR) is 61.8 cm³/mol. The standard InChI is InChI=1S/C12H19NO2/c1-9-7-5-6-8-12(9)13(4)10(2)15-11(3)14/h5-8,10-11,14H,1-4H3. The fourth-order valence-corrected chi connectivity index (χ4v) is 1.53. The summed E-state index contributed by atoms with van der Waals surface area (Å²) >= 11 is 0. The summed E-state index contributed by atoms with van der Waals surface area (Å²) in [6, 6.07) is 8.10. The molecule has 0 bridgehead atoms. The quantitative estimate of drug-likeness (QED) is 0.771. The number of benzene rings is 1. The highest BCUT2D eigenvalue weighted by atomic mass is 16.6. The van der Waals surface area contributed by atoms with E-state index in [2.05, 4.69) is 13.0 Å². The lowest BCUT2D eigenvalue weighted by atomic mass is 10.2. The number of aliphatic hydroxyl groups excluding tert-OH is 1. The van der Waals surface area contributed by atoms with Crippen LogP contribution in [-0.2, 0) is 4.74 Å². The molecule has 0 aromatic heterocycles. The zero-order valence-corrected chi connectivity index (χ0v) is 9.77. The molecule has 0 aliphatic heterocycles. The van der Waals surface area contributed by atoms with Gasteiger partial charge < -0.3 is 14.7 Å². The summed E-state index contributed by atoms with van der Waals surface area (Å²) in [5, 5.41) is 9.14. The summed E-state index contributed by atoms with van der Waals surface area (Å²) in [6.45, 7) is 5.59. The Morgan fingerprint density at radius 1 is 1.27 bits per heavy atom. The first kappa shape index (κ1) is 12.0. The fraction of sp³-hybridized carbons (Fsp3) is 0.500. The molecule has 3 heteroatoms. The first-order valence-electron chi connectivity index (χ1n) is 5.14. The Kier molecular flexibility index (Phi) is 4.12. The smallest absolute Gasteiger partial charge is 0.154 e. The van der Waals surface area contributed by atoms with E-state index in [1.807, 2.05) is 37.1 Å². The largest absolute Gasteiger partial charge is 0.368 e. The van der Waals surface area contributed by atoms with Crippen molar-refractivity contribution in [1.82, 2.24) is 0 Å². The van der Waals surface area contributed by atoms with Crippen LogP contribution >= 0.6 is 0 Å². The van der Waals surface area contributed by atoms with Crippen molar-refractivity contribution in [3.63, 3.8) is 0 Å². The van der Waals surface area contributed by atoms with Crippen LogP contribution in [0.4, 0.5) is 5.69 Å². The predicted octanol–water partition coefficient (Wildman–Crippen LogP) is 2.13. The Hall–Kier alpha value is -1.06. The number of hydrogen-bond acceptors (Lipinski definition) is 3. The molecule has 15 heavy (non-hydrogen) atoms. The highest BCUT2D eigenvalue weighted by molar-refractivity contribution is 5.52. The average molecular weight is 209 g/mol. The number of nitrogens with zero attached hydrogens (tertiary/aromatic N) is 1.